The van der Waals surface area contributed by atoms with E-state index in [1.807, 2.05) is 11.9 Å². The number of H-pyrrole nitrogens is 1. The first kappa shape index (κ1) is 53.6. The molecule has 7 rings (SSSR count). The molecule has 3 aliphatic heterocycles. The van der Waals surface area contributed by atoms with Crippen LogP contribution in [0.3, 0.4) is 0 Å². The molecule has 1 unspecified atom stereocenters. The zero-order valence-corrected chi connectivity index (χ0v) is 41.1. The smallest absolute Gasteiger partial charge is 0.321 e. The number of carboxylic acid groups (broad SMARTS) is 1. The number of aromatic amines is 1. The van der Waals surface area contributed by atoms with E-state index in [0.717, 1.165) is 33.9 Å². The number of carbonyl (C=O) groups is 9. The fourth-order valence-electron chi connectivity index (χ4n) is 9.01. The Kier molecular flexibility index (Phi) is 17.7. The summed E-state index contributed by atoms with van der Waals surface area (Å²) in [7, 11) is 1.85. The number of anilines is 1. The Morgan fingerprint density at radius 1 is 0.851 bits per heavy atom. The summed E-state index contributed by atoms with van der Waals surface area (Å²) >= 11 is 1.01. The molecule has 0 aliphatic carbocycles. The average molecular weight is 1040 g/mol. The van der Waals surface area contributed by atoms with Gasteiger partial charge in [-0.3, -0.25) is 48.1 Å². The summed E-state index contributed by atoms with van der Waals surface area (Å²) in [6.07, 6.45) is -0.651. The van der Waals surface area contributed by atoms with Crippen molar-refractivity contribution in [1.82, 2.24) is 41.8 Å². The van der Waals surface area contributed by atoms with Gasteiger partial charge in [0, 0.05) is 44.0 Å². The van der Waals surface area contributed by atoms with Gasteiger partial charge in [-0.05, 0) is 79.6 Å². The highest BCUT2D eigenvalue weighted by Crippen LogP contribution is 2.43. The highest BCUT2D eigenvalue weighted by Gasteiger charge is 2.42. The molecule has 0 radical (unpaired) electrons. The quantitative estimate of drug-likeness (QED) is 0.0216. The third-order valence-corrected chi connectivity index (χ3v) is 13.4. The number of nitrogens with two attached hydrogens (primary N) is 2. The lowest BCUT2D eigenvalue weighted by molar-refractivity contribution is -0.141. The van der Waals surface area contributed by atoms with Crippen molar-refractivity contribution in [1.29, 1.82) is 0 Å². The topological polar surface area (TPSA) is 342 Å². The van der Waals surface area contributed by atoms with Crippen LogP contribution in [0.25, 0.3) is 10.9 Å². The Labute approximate surface area is 427 Å². The second-order valence-corrected chi connectivity index (χ2v) is 18.8. The maximum absolute atomic E-state index is 14.1. The molecule has 4 aromatic rings. The highest BCUT2D eigenvalue weighted by atomic mass is 32.2. The Balaban J connectivity index is 0.959. The molecule has 7 amide bonds. The molecule has 23 nitrogen and oxygen atoms in total. The van der Waals surface area contributed by atoms with Crippen LogP contribution in [0.1, 0.15) is 65.4 Å². The van der Waals surface area contributed by atoms with Crippen LogP contribution in [0.2, 0.25) is 0 Å². The molecule has 3 aliphatic rings. The van der Waals surface area contributed by atoms with E-state index in [0.29, 0.717) is 29.8 Å². The fourth-order valence-corrected chi connectivity index (χ4v) is 9.63. The van der Waals surface area contributed by atoms with Crippen molar-refractivity contribution in [2.75, 3.05) is 49.6 Å². The third kappa shape index (κ3) is 13.6. The van der Waals surface area contributed by atoms with Crippen molar-refractivity contribution in [3.63, 3.8) is 0 Å². The van der Waals surface area contributed by atoms with Gasteiger partial charge in [0.05, 0.1) is 41.4 Å². The number of halogens is 1. The summed E-state index contributed by atoms with van der Waals surface area (Å²) in [6.45, 7) is -0.183. The molecule has 3 aromatic carbocycles. The summed E-state index contributed by atoms with van der Waals surface area (Å²) in [6, 6.07) is 12.3. The molecule has 25 heteroatoms. The Hall–Kier alpha value is -8.22. The number of nitrogens with one attached hydrogen (secondary N) is 7. The summed E-state index contributed by atoms with van der Waals surface area (Å²) in [5.41, 5.74) is 14.9. The molecular weight excluding hydrogens is 984 g/mol. The molecule has 0 saturated carbocycles. The number of ether oxygens (including phenoxy) is 1. The monoisotopic (exact) mass is 1040 g/mol. The number of esters is 1. The van der Waals surface area contributed by atoms with Crippen LogP contribution < -0.4 is 53.0 Å². The number of rotatable bonds is 17. The van der Waals surface area contributed by atoms with Gasteiger partial charge in [0.2, 0.25) is 35.4 Å². The van der Waals surface area contributed by atoms with Crippen LogP contribution in [0, 0.1) is 5.82 Å². The minimum absolute atomic E-state index is 0.0107. The molecule has 4 heterocycles. The second-order valence-electron chi connectivity index (χ2n) is 17.8. The average Bonchev–Trinajstić information content (AvgIpc) is 3.74. The number of nitrogens with zero attached hydrogens (tertiary/aromatic N) is 3. The maximum atomic E-state index is 14.1. The maximum Gasteiger partial charge on any atom is 0.321 e. The molecular formula is C49H57FN12O11S. The van der Waals surface area contributed by atoms with E-state index < -0.39 is 96.5 Å². The molecule has 1 saturated heterocycles. The SMILES string of the molecule is CN1c2ccc(F)cc2C(=O)N2CCc3c([nH]c4ccc(OC(=O)CSCC(=O)NCCC[C@@H]5NC(=O)[C@H](Cc6ccccc6)NC(=O)[C@H](CC(=O)O)NC(=O)CNC(=O)[C@H](CCCN=C(N)N)NC5=O)cc34)C21. The summed E-state index contributed by atoms with van der Waals surface area (Å²) < 4.78 is 19.7. The number of aromatic nitrogens is 1. The lowest BCUT2D eigenvalue weighted by Crippen LogP contribution is -2.58. The lowest BCUT2D eigenvalue weighted by Gasteiger charge is -2.46. The van der Waals surface area contributed by atoms with Gasteiger partial charge in [-0.2, -0.15) is 0 Å². The van der Waals surface area contributed by atoms with Crippen molar-refractivity contribution in [2.45, 2.75) is 75.3 Å². The third-order valence-electron chi connectivity index (χ3n) is 12.5. The van der Waals surface area contributed by atoms with Gasteiger partial charge in [-0.25, -0.2) is 4.39 Å². The Bertz CT molecular complexity index is 2840. The van der Waals surface area contributed by atoms with Gasteiger partial charge >= 0.3 is 11.9 Å². The van der Waals surface area contributed by atoms with E-state index in [2.05, 4.69) is 41.9 Å². The summed E-state index contributed by atoms with van der Waals surface area (Å²) in [4.78, 5) is 130. The first-order valence-corrected chi connectivity index (χ1v) is 24.9. The predicted octanol–water partition coefficient (Wildman–Crippen LogP) is -0.171. The zero-order chi connectivity index (χ0) is 53.1. The largest absolute Gasteiger partial charge is 0.481 e. The number of amides is 7. The zero-order valence-electron chi connectivity index (χ0n) is 40.2. The number of thioether (sulfide) groups is 1. The lowest BCUT2D eigenvalue weighted by atomic mass is 9.96. The number of fused-ring (bicyclic) bond motifs is 6. The number of benzene rings is 3. The van der Waals surface area contributed by atoms with E-state index in [1.165, 1.54) is 12.1 Å². The van der Waals surface area contributed by atoms with Crippen LogP contribution in [0.15, 0.2) is 71.7 Å². The van der Waals surface area contributed by atoms with Crippen LogP contribution in [0.5, 0.6) is 5.75 Å². The standard InChI is InChI=1S/C49H57FN12O11S/c1-61-37-14-11-27(50)20-31(37)48(72)62-18-15-29-30-21-28(12-13-32(30)57-42(29)47(61)62)73-41(67)25-74-24-39(64)53-16-5-10-34-44(69)58-33(9-6-17-54-49(51)52)43(68)55-23-38(63)56-36(22-40(65)66)46(71)60-35(45(70)59-34)19-26-7-3-2-4-8-26/h2-4,7-8,11-14,20-21,33-36,47,57H,5-6,9-10,15-19,22-25H2,1H3,(H,53,64)(H,55,68)(H,56,63)(H,58,69)(H,59,70)(H,60,71)(H,65,66)(H4,51,52,54)/t33-,34-,35-,36-,47?/m0/s1. The number of carbonyl (C=O) groups excluding carboxylic acids is 8. The van der Waals surface area contributed by atoms with Crippen molar-refractivity contribution in [3.8, 4) is 5.75 Å². The van der Waals surface area contributed by atoms with Gasteiger partial charge in [0.1, 0.15) is 41.9 Å². The minimum atomic E-state index is -1.64. The van der Waals surface area contributed by atoms with E-state index in [1.54, 1.807) is 59.5 Å². The molecule has 1 fully saturated rings. The number of aliphatic imine (C=N–C) groups is 1. The fraction of sp³-hybridized carbons (Fsp3) is 0.388. The van der Waals surface area contributed by atoms with Crippen LogP contribution in [-0.2, 0) is 51.2 Å². The van der Waals surface area contributed by atoms with E-state index in [9.17, 15) is 52.6 Å². The molecule has 0 bridgehead atoms. The van der Waals surface area contributed by atoms with Gasteiger partial charge in [0.15, 0.2) is 5.96 Å². The second kappa shape index (κ2) is 24.5. The van der Waals surface area contributed by atoms with Gasteiger partial charge in [-0.1, -0.05) is 30.3 Å². The number of hydrogen-bond donors (Lipinski definition) is 10. The number of aliphatic carboxylic acids is 1. The van der Waals surface area contributed by atoms with Crippen molar-refractivity contribution in [2.24, 2.45) is 16.5 Å². The molecule has 392 valence electrons. The summed E-state index contributed by atoms with van der Waals surface area (Å²) in [5, 5.41) is 25.6. The highest BCUT2D eigenvalue weighted by molar-refractivity contribution is 8.00. The van der Waals surface area contributed by atoms with Gasteiger partial charge < -0.3 is 68.0 Å². The van der Waals surface area contributed by atoms with Gasteiger partial charge in [-0.15, -0.1) is 11.8 Å². The Morgan fingerprint density at radius 2 is 1.55 bits per heavy atom. The molecule has 1 aromatic heterocycles. The molecule has 5 atom stereocenters. The van der Waals surface area contributed by atoms with Crippen molar-refractivity contribution >= 4 is 87.6 Å². The first-order valence-electron chi connectivity index (χ1n) is 23.8. The van der Waals surface area contributed by atoms with E-state index >= 15 is 0 Å². The normalized spacial score (nSPS) is 20.2. The predicted molar refractivity (Wildman–Crippen MR) is 269 cm³/mol. The summed E-state index contributed by atoms with van der Waals surface area (Å²) in [5.74, 6) is -7.76. The van der Waals surface area contributed by atoms with E-state index in [-0.39, 0.29) is 74.3 Å². The van der Waals surface area contributed by atoms with Crippen LogP contribution in [0.4, 0.5) is 10.1 Å². The van der Waals surface area contributed by atoms with E-state index in [4.69, 9.17) is 16.2 Å². The number of hydrogen-bond acceptors (Lipinski definition) is 13. The van der Waals surface area contributed by atoms with Crippen LogP contribution in [-0.4, -0.2) is 143 Å². The van der Waals surface area contributed by atoms with Crippen molar-refractivity contribution in [3.05, 3.63) is 94.9 Å². The van der Waals surface area contributed by atoms with Gasteiger partial charge in [0.25, 0.3) is 5.91 Å². The van der Waals surface area contributed by atoms with Crippen molar-refractivity contribution < 1.29 is 57.4 Å². The number of carboxylic acids is 1. The Morgan fingerprint density at radius 3 is 2.30 bits per heavy atom. The number of guanidine groups is 1. The molecule has 0 spiro atoms. The molecule has 74 heavy (non-hydrogen) atoms. The minimum Gasteiger partial charge on any atom is -0.481 e. The van der Waals surface area contributed by atoms with Crippen LogP contribution >= 0.6 is 11.8 Å². The first-order chi connectivity index (χ1) is 35.4. The molecule has 12 N–H and O–H groups in total.